The normalized spacial score (nSPS) is 21.8. The summed E-state index contributed by atoms with van der Waals surface area (Å²) in [5.41, 5.74) is 0.867. The summed E-state index contributed by atoms with van der Waals surface area (Å²) in [6.07, 6.45) is 1.44. The lowest BCUT2D eigenvalue weighted by atomic mass is 10.1. The predicted molar refractivity (Wildman–Crippen MR) is 88.7 cm³/mol. The quantitative estimate of drug-likeness (QED) is 0.600. The molecule has 3 rings (SSSR count). The van der Waals surface area contributed by atoms with Gasteiger partial charge in [0.15, 0.2) is 0 Å². The zero-order valence-electron chi connectivity index (χ0n) is 13.7. The third-order valence-corrected chi connectivity index (χ3v) is 4.77. The molecule has 1 unspecified atom stereocenters. The number of carbonyl (C=O) groups excluding carboxylic acids is 1. The molecule has 0 aromatic heterocycles. The molecular formula is C17H23N3O4. The molecule has 1 amide bonds. The first-order chi connectivity index (χ1) is 11.6. The number of nitro groups is 1. The van der Waals surface area contributed by atoms with Gasteiger partial charge in [-0.1, -0.05) is 12.1 Å². The highest BCUT2D eigenvalue weighted by Gasteiger charge is 2.24. The SMILES string of the molecule is O=C(Cc1ccc([N+](=O)[O-])cc1)N1CCN(CC2CCOC2)CC1. The average molecular weight is 333 g/mol. The van der Waals surface area contributed by atoms with Crippen LogP contribution < -0.4 is 0 Å². The van der Waals surface area contributed by atoms with Crippen LogP contribution in [0.3, 0.4) is 0 Å². The van der Waals surface area contributed by atoms with Gasteiger partial charge in [-0.25, -0.2) is 0 Å². The molecule has 0 bridgehead atoms. The highest BCUT2D eigenvalue weighted by atomic mass is 16.6. The van der Waals surface area contributed by atoms with E-state index in [9.17, 15) is 14.9 Å². The Hall–Kier alpha value is -1.99. The third kappa shape index (κ3) is 4.30. The van der Waals surface area contributed by atoms with Crippen LogP contribution >= 0.6 is 0 Å². The smallest absolute Gasteiger partial charge is 0.269 e. The van der Waals surface area contributed by atoms with Crippen LogP contribution in [0.1, 0.15) is 12.0 Å². The fourth-order valence-corrected chi connectivity index (χ4v) is 3.29. The molecule has 0 saturated carbocycles. The van der Waals surface area contributed by atoms with Crippen molar-refractivity contribution in [2.75, 3.05) is 45.9 Å². The molecule has 0 aliphatic carbocycles. The van der Waals surface area contributed by atoms with Crippen molar-refractivity contribution in [2.24, 2.45) is 5.92 Å². The van der Waals surface area contributed by atoms with Crippen molar-refractivity contribution in [3.05, 3.63) is 39.9 Å². The summed E-state index contributed by atoms with van der Waals surface area (Å²) in [5, 5.41) is 10.7. The van der Waals surface area contributed by atoms with E-state index >= 15 is 0 Å². The minimum absolute atomic E-state index is 0.0516. The molecule has 1 aromatic carbocycles. The van der Waals surface area contributed by atoms with Crippen molar-refractivity contribution in [1.29, 1.82) is 0 Å². The van der Waals surface area contributed by atoms with Crippen molar-refractivity contribution in [3.8, 4) is 0 Å². The van der Waals surface area contributed by atoms with E-state index in [4.69, 9.17) is 4.74 Å². The van der Waals surface area contributed by atoms with Gasteiger partial charge in [0.05, 0.1) is 18.0 Å². The van der Waals surface area contributed by atoms with Crippen LogP contribution in [0.15, 0.2) is 24.3 Å². The van der Waals surface area contributed by atoms with Gasteiger partial charge in [0.25, 0.3) is 5.69 Å². The van der Waals surface area contributed by atoms with Crippen LogP contribution in [-0.2, 0) is 16.0 Å². The molecular weight excluding hydrogens is 310 g/mol. The van der Waals surface area contributed by atoms with Crippen molar-refractivity contribution < 1.29 is 14.5 Å². The molecule has 2 heterocycles. The summed E-state index contributed by atoms with van der Waals surface area (Å²) in [6, 6.07) is 6.22. The fraction of sp³-hybridized carbons (Fsp3) is 0.588. The zero-order valence-corrected chi connectivity index (χ0v) is 13.7. The number of nitrogens with zero attached hydrogens (tertiary/aromatic N) is 3. The number of piperazine rings is 1. The standard InChI is InChI=1S/C17H23N3O4/c21-17(11-14-1-3-16(4-2-14)20(22)23)19-8-6-18(7-9-19)12-15-5-10-24-13-15/h1-4,15H,5-13H2. The number of non-ortho nitro benzene ring substituents is 1. The summed E-state index contributed by atoms with van der Waals surface area (Å²) >= 11 is 0. The minimum Gasteiger partial charge on any atom is -0.381 e. The largest absolute Gasteiger partial charge is 0.381 e. The second kappa shape index (κ2) is 7.72. The van der Waals surface area contributed by atoms with E-state index in [1.807, 2.05) is 4.90 Å². The van der Waals surface area contributed by atoms with Crippen molar-refractivity contribution in [2.45, 2.75) is 12.8 Å². The molecule has 7 heteroatoms. The summed E-state index contributed by atoms with van der Waals surface area (Å²) in [6.45, 7) is 6.10. The monoisotopic (exact) mass is 333 g/mol. The number of nitro benzene ring substituents is 1. The van der Waals surface area contributed by atoms with E-state index in [1.54, 1.807) is 12.1 Å². The predicted octanol–water partition coefficient (Wildman–Crippen LogP) is 1.32. The Morgan fingerprint density at radius 3 is 2.50 bits per heavy atom. The average Bonchev–Trinajstić information content (AvgIpc) is 3.09. The van der Waals surface area contributed by atoms with Gasteiger partial charge in [0, 0.05) is 51.5 Å². The maximum Gasteiger partial charge on any atom is 0.269 e. The van der Waals surface area contributed by atoms with E-state index < -0.39 is 4.92 Å². The topological polar surface area (TPSA) is 75.9 Å². The van der Waals surface area contributed by atoms with E-state index in [0.29, 0.717) is 12.3 Å². The Labute approximate surface area is 141 Å². The lowest BCUT2D eigenvalue weighted by Gasteiger charge is -2.35. The highest BCUT2D eigenvalue weighted by Crippen LogP contribution is 2.16. The van der Waals surface area contributed by atoms with Crippen molar-refractivity contribution >= 4 is 11.6 Å². The maximum atomic E-state index is 12.4. The molecule has 24 heavy (non-hydrogen) atoms. The second-order valence-corrected chi connectivity index (χ2v) is 6.51. The summed E-state index contributed by atoms with van der Waals surface area (Å²) in [5.74, 6) is 0.722. The number of amides is 1. The number of carbonyl (C=O) groups is 1. The number of ether oxygens (including phenoxy) is 1. The van der Waals surface area contributed by atoms with Gasteiger partial charge < -0.3 is 9.64 Å². The first-order valence-electron chi connectivity index (χ1n) is 8.43. The first kappa shape index (κ1) is 16.9. The van der Waals surface area contributed by atoms with Gasteiger partial charge in [0.2, 0.25) is 5.91 Å². The van der Waals surface area contributed by atoms with Gasteiger partial charge in [-0.05, 0) is 17.9 Å². The Bertz CT molecular complexity index is 576. The molecule has 2 fully saturated rings. The molecule has 0 radical (unpaired) electrons. The number of hydrogen-bond acceptors (Lipinski definition) is 5. The van der Waals surface area contributed by atoms with Crippen LogP contribution in [0.4, 0.5) is 5.69 Å². The summed E-state index contributed by atoms with van der Waals surface area (Å²) in [7, 11) is 0. The Morgan fingerprint density at radius 1 is 1.21 bits per heavy atom. The molecule has 2 aliphatic heterocycles. The third-order valence-electron chi connectivity index (χ3n) is 4.77. The maximum absolute atomic E-state index is 12.4. The lowest BCUT2D eigenvalue weighted by molar-refractivity contribution is -0.384. The van der Waals surface area contributed by atoms with E-state index in [1.165, 1.54) is 12.1 Å². The molecule has 130 valence electrons. The van der Waals surface area contributed by atoms with Crippen LogP contribution in [-0.4, -0.2) is 66.6 Å². The Balaban J connectivity index is 1.45. The van der Waals surface area contributed by atoms with Crippen LogP contribution in [0.25, 0.3) is 0 Å². The molecule has 1 aromatic rings. The van der Waals surface area contributed by atoms with Gasteiger partial charge >= 0.3 is 0 Å². The highest BCUT2D eigenvalue weighted by molar-refractivity contribution is 5.79. The molecule has 0 N–H and O–H groups in total. The summed E-state index contributed by atoms with van der Waals surface area (Å²) < 4.78 is 5.41. The number of hydrogen-bond donors (Lipinski definition) is 0. The fourth-order valence-electron chi connectivity index (χ4n) is 3.29. The lowest BCUT2D eigenvalue weighted by Crippen LogP contribution is -2.50. The first-order valence-corrected chi connectivity index (χ1v) is 8.43. The van der Waals surface area contributed by atoms with E-state index in [0.717, 1.165) is 57.9 Å². The molecule has 0 spiro atoms. The Morgan fingerprint density at radius 2 is 1.92 bits per heavy atom. The van der Waals surface area contributed by atoms with E-state index in [-0.39, 0.29) is 11.6 Å². The van der Waals surface area contributed by atoms with Gasteiger partial charge in [-0.3, -0.25) is 19.8 Å². The van der Waals surface area contributed by atoms with E-state index in [2.05, 4.69) is 4.90 Å². The summed E-state index contributed by atoms with van der Waals surface area (Å²) in [4.78, 5) is 26.9. The van der Waals surface area contributed by atoms with Crippen LogP contribution in [0, 0.1) is 16.0 Å². The number of benzene rings is 1. The second-order valence-electron chi connectivity index (χ2n) is 6.51. The zero-order chi connectivity index (χ0) is 16.9. The van der Waals surface area contributed by atoms with Gasteiger partial charge in [-0.15, -0.1) is 0 Å². The molecule has 2 saturated heterocycles. The number of rotatable bonds is 5. The van der Waals surface area contributed by atoms with Crippen molar-refractivity contribution in [3.63, 3.8) is 0 Å². The molecule has 2 aliphatic rings. The van der Waals surface area contributed by atoms with Crippen molar-refractivity contribution in [1.82, 2.24) is 9.80 Å². The van der Waals surface area contributed by atoms with Gasteiger partial charge in [-0.2, -0.15) is 0 Å². The van der Waals surface area contributed by atoms with Crippen LogP contribution in [0.5, 0.6) is 0 Å². The van der Waals surface area contributed by atoms with Gasteiger partial charge in [0.1, 0.15) is 0 Å². The minimum atomic E-state index is -0.430. The van der Waals surface area contributed by atoms with Crippen LogP contribution in [0.2, 0.25) is 0 Å². The Kier molecular flexibility index (Phi) is 5.42. The molecule has 1 atom stereocenters. The molecule has 7 nitrogen and oxygen atoms in total.